The fourth-order valence-electron chi connectivity index (χ4n) is 1.65. The van der Waals surface area contributed by atoms with Crippen molar-refractivity contribution < 1.29 is 0 Å². The molecule has 0 saturated heterocycles. The molecule has 0 aliphatic rings. The summed E-state index contributed by atoms with van der Waals surface area (Å²) in [5.74, 6) is 0.849. The number of nitrogens with one attached hydrogen (secondary N) is 1. The second-order valence-electron chi connectivity index (χ2n) is 4.00. The summed E-state index contributed by atoms with van der Waals surface area (Å²) in [6.45, 7) is 3.10. The molecular formula is C13H15BrClN3. The smallest absolute Gasteiger partial charge is 0.207 e. The third kappa shape index (κ3) is 3.06. The second kappa shape index (κ2) is 6.25. The van der Waals surface area contributed by atoms with Gasteiger partial charge in [0.1, 0.15) is 0 Å². The van der Waals surface area contributed by atoms with Gasteiger partial charge >= 0.3 is 0 Å². The van der Waals surface area contributed by atoms with Gasteiger partial charge in [-0.1, -0.05) is 24.9 Å². The molecule has 5 heteroatoms. The lowest BCUT2D eigenvalue weighted by atomic mass is 10.3. The standard InChI is InChI=1S/C13H15BrClN3/c1-2-3-6-16-13-17-7-8-18(13)10-4-5-11(14)12(15)9-10/h4-5,7-9H,2-3,6H2,1H3,(H,16,17). The van der Waals surface area contributed by atoms with Gasteiger partial charge in [-0.15, -0.1) is 0 Å². The zero-order valence-corrected chi connectivity index (χ0v) is 12.5. The summed E-state index contributed by atoms with van der Waals surface area (Å²) in [6.07, 6.45) is 6.00. The van der Waals surface area contributed by atoms with Crippen molar-refractivity contribution in [3.05, 3.63) is 40.1 Å². The normalized spacial score (nSPS) is 10.6. The zero-order valence-electron chi connectivity index (χ0n) is 10.2. The Labute approximate surface area is 120 Å². The van der Waals surface area contributed by atoms with Crippen LogP contribution in [0.5, 0.6) is 0 Å². The lowest BCUT2D eigenvalue weighted by Gasteiger charge is -2.10. The fourth-order valence-corrected chi connectivity index (χ4v) is 2.08. The van der Waals surface area contributed by atoms with Crippen molar-refractivity contribution in [3.63, 3.8) is 0 Å². The van der Waals surface area contributed by atoms with Crippen molar-refractivity contribution >= 4 is 33.5 Å². The summed E-state index contributed by atoms with van der Waals surface area (Å²) in [6, 6.07) is 5.86. The predicted molar refractivity (Wildman–Crippen MR) is 79.7 cm³/mol. The average molecular weight is 329 g/mol. The maximum atomic E-state index is 6.11. The summed E-state index contributed by atoms with van der Waals surface area (Å²) >= 11 is 9.50. The minimum atomic E-state index is 0.695. The van der Waals surface area contributed by atoms with Crippen LogP contribution in [0.25, 0.3) is 5.69 Å². The number of halogens is 2. The maximum absolute atomic E-state index is 6.11. The van der Waals surface area contributed by atoms with Gasteiger partial charge < -0.3 is 5.32 Å². The van der Waals surface area contributed by atoms with Crippen LogP contribution < -0.4 is 5.32 Å². The molecule has 1 heterocycles. The third-order valence-corrected chi connectivity index (χ3v) is 3.87. The van der Waals surface area contributed by atoms with Crippen molar-refractivity contribution in [2.75, 3.05) is 11.9 Å². The van der Waals surface area contributed by atoms with Gasteiger partial charge in [0.2, 0.25) is 5.95 Å². The zero-order chi connectivity index (χ0) is 13.0. The van der Waals surface area contributed by atoms with Gasteiger partial charge in [0.15, 0.2) is 0 Å². The summed E-state index contributed by atoms with van der Waals surface area (Å²) in [4.78, 5) is 4.31. The first kappa shape index (κ1) is 13.4. The van der Waals surface area contributed by atoms with E-state index < -0.39 is 0 Å². The van der Waals surface area contributed by atoms with Crippen LogP contribution in [-0.2, 0) is 0 Å². The first-order valence-corrected chi connectivity index (χ1v) is 7.12. The molecule has 0 amide bonds. The van der Waals surface area contributed by atoms with Gasteiger partial charge in [-0.25, -0.2) is 4.98 Å². The molecule has 0 fully saturated rings. The predicted octanol–water partition coefficient (Wildman–Crippen LogP) is 4.50. The van der Waals surface area contributed by atoms with E-state index in [-0.39, 0.29) is 0 Å². The molecule has 2 rings (SSSR count). The highest BCUT2D eigenvalue weighted by molar-refractivity contribution is 9.10. The molecule has 1 aromatic carbocycles. The Hall–Kier alpha value is -1.000. The Morgan fingerprint density at radius 1 is 1.44 bits per heavy atom. The highest BCUT2D eigenvalue weighted by Crippen LogP contribution is 2.26. The van der Waals surface area contributed by atoms with Crippen molar-refractivity contribution in [2.45, 2.75) is 19.8 Å². The van der Waals surface area contributed by atoms with E-state index in [9.17, 15) is 0 Å². The molecule has 0 aliphatic heterocycles. The van der Waals surface area contributed by atoms with E-state index in [4.69, 9.17) is 11.6 Å². The van der Waals surface area contributed by atoms with Crippen LogP contribution in [0, 0.1) is 0 Å². The van der Waals surface area contributed by atoms with Crippen molar-refractivity contribution in [2.24, 2.45) is 0 Å². The second-order valence-corrected chi connectivity index (χ2v) is 5.26. The molecule has 0 unspecified atom stereocenters. The Morgan fingerprint density at radius 2 is 2.28 bits per heavy atom. The lowest BCUT2D eigenvalue weighted by Crippen LogP contribution is -2.07. The number of anilines is 1. The first-order chi connectivity index (χ1) is 8.72. The van der Waals surface area contributed by atoms with Crippen LogP contribution in [0.1, 0.15) is 19.8 Å². The third-order valence-electron chi connectivity index (χ3n) is 2.64. The molecule has 1 N–H and O–H groups in total. The topological polar surface area (TPSA) is 29.9 Å². The van der Waals surface area contributed by atoms with Crippen LogP contribution in [0.2, 0.25) is 5.02 Å². The molecule has 0 atom stereocenters. The molecule has 0 saturated carbocycles. The first-order valence-electron chi connectivity index (χ1n) is 5.95. The molecule has 18 heavy (non-hydrogen) atoms. The van der Waals surface area contributed by atoms with Crippen LogP contribution in [0.15, 0.2) is 35.1 Å². The van der Waals surface area contributed by atoms with Crippen LogP contribution in [0.3, 0.4) is 0 Å². The lowest BCUT2D eigenvalue weighted by molar-refractivity contribution is 0.823. The van der Waals surface area contributed by atoms with Crippen molar-refractivity contribution in [1.82, 2.24) is 9.55 Å². The monoisotopic (exact) mass is 327 g/mol. The van der Waals surface area contributed by atoms with E-state index in [1.807, 2.05) is 29.0 Å². The minimum absolute atomic E-state index is 0.695. The molecule has 3 nitrogen and oxygen atoms in total. The Morgan fingerprint density at radius 3 is 3.00 bits per heavy atom. The number of unbranched alkanes of at least 4 members (excludes halogenated alkanes) is 1. The van der Waals surface area contributed by atoms with Gasteiger partial charge in [-0.05, 0) is 40.5 Å². The number of hydrogen-bond donors (Lipinski definition) is 1. The highest BCUT2D eigenvalue weighted by Gasteiger charge is 2.06. The van der Waals surface area contributed by atoms with Crippen LogP contribution >= 0.6 is 27.5 Å². The van der Waals surface area contributed by atoms with Gasteiger partial charge in [0.25, 0.3) is 0 Å². The van der Waals surface area contributed by atoms with Crippen LogP contribution in [0.4, 0.5) is 5.95 Å². The largest absolute Gasteiger partial charge is 0.355 e. The van der Waals surface area contributed by atoms with E-state index in [1.165, 1.54) is 0 Å². The molecule has 0 radical (unpaired) electrons. The molecule has 96 valence electrons. The summed E-state index contributed by atoms with van der Waals surface area (Å²) in [5, 5.41) is 4.02. The number of aromatic nitrogens is 2. The summed E-state index contributed by atoms with van der Waals surface area (Å²) < 4.78 is 2.89. The number of rotatable bonds is 5. The summed E-state index contributed by atoms with van der Waals surface area (Å²) in [7, 11) is 0. The van der Waals surface area contributed by atoms with Crippen molar-refractivity contribution in [3.8, 4) is 5.69 Å². The van der Waals surface area contributed by atoms with Gasteiger partial charge in [0, 0.05) is 23.4 Å². The van der Waals surface area contributed by atoms with Gasteiger partial charge in [-0.2, -0.15) is 0 Å². The van der Waals surface area contributed by atoms with E-state index >= 15 is 0 Å². The SMILES string of the molecule is CCCCNc1nccn1-c1ccc(Br)c(Cl)c1. The molecule has 2 aromatic rings. The number of nitrogens with zero attached hydrogens (tertiary/aromatic N) is 2. The number of hydrogen-bond acceptors (Lipinski definition) is 2. The molecule has 0 aliphatic carbocycles. The van der Waals surface area contributed by atoms with E-state index in [1.54, 1.807) is 6.20 Å². The van der Waals surface area contributed by atoms with E-state index in [0.717, 1.165) is 35.5 Å². The van der Waals surface area contributed by atoms with E-state index in [2.05, 4.69) is 33.2 Å². The molecule has 0 spiro atoms. The Bertz CT molecular complexity index is 525. The Kier molecular flexibility index (Phi) is 4.66. The number of benzene rings is 1. The average Bonchev–Trinajstić information content (AvgIpc) is 2.81. The quantitative estimate of drug-likeness (QED) is 0.819. The highest BCUT2D eigenvalue weighted by atomic mass is 79.9. The molecule has 0 bridgehead atoms. The Balaban J connectivity index is 2.22. The molecule has 1 aromatic heterocycles. The molecular weight excluding hydrogens is 314 g/mol. The summed E-state index contributed by atoms with van der Waals surface area (Å²) in [5.41, 5.74) is 1.000. The van der Waals surface area contributed by atoms with E-state index in [0.29, 0.717) is 5.02 Å². The maximum Gasteiger partial charge on any atom is 0.207 e. The minimum Gasteiger partial charge on any atom is -0.355 e. The van der Waals surface area contributed by atoms with Crippen LogP contribution in [-0.4, -0.2) is 16.1 Å². The number of imidazole rings is 1. The van der Waals surface area contributed by atoms with Gasteiger partial charge in [-0.3, -0.25) is 4.57 Å². The van der Waals surface area contributed by atoms with Gasteiger partial charge in [0.05, 0.1) is 10.7 Å². The van der Waals surface area contributed by atoms with Crippen molar-refractivity contribution in [1.29, 1.82) is 0 Å². The fraction of sp³-hybridized carbons (Fsp3) is 0.308.